The van der Waals surface area contributed by atoms with Crippen molar-refractivity contribution in [3.05, 3.63) is 48.0 Å². The van der Waals surface area contributed by atoms with Gasteiger partial charge in [0.25, 0.3) is 0 Å². The first-order valence-corrected chi connectivity index (χ1v) is 5.46. The van der Waals surface area contributed by atoms with Crippen LogP contribution >= 0.6 is 0 Å². The standard InChI is InChI=1S/C13H16N4/c1-10-15-8-9-17(10)13(14)11-4-6-12(7-5-11)16(2)3/h4-9,14H,1-3H3. The maximum atomic E-state index is 8.12. The SMILES string of the molecule is Cc1nccn1C(=N)c1ccc(N(C)C)cc1. The topological polar surface area (TPSA) is 44.9 Å². The van der Waals surface area contributed by atoms with E-state index in [1.165, 1.54) is 0 Å². The molecule has 1 N–H and O–H groups in total. The van der Waals surface area contributed by atoms with E-state index in [0.717, 1.165) is 17.1 Å². The van der Waals surface area contributed by atoms with Crippen LogP contribution < -0.4 is 4.90 Å². The van der Waals surface area contributed by atoms with Crippen molar-refractivity contribution >= 4 is 11.5 Å². The third kappa shape index (κ3) is 2.20. The van der Waals surface area contributed by atoms with E-state index >= 15 is 0 Å². The number of rotatable bonds is 2. The molecule has 1 aromatic carbocycles. The largest absolute Gasteiger partial charge is 0.378 e. The molecule has 0 unspecified atom stereocenters. The van der Waals surface area contributed by atoms with Gasteiger partial charge in [0.15, 0.2) is 0 Å². The van der Waals surface area contributed by atoms with Gasteiger partial charge in [-0.2, -0.15) is 0 Å². The Labute approximate surface area is 101 Å². The Balaban J connectivity index is 2.29. The zero-order valence-electron chi connectivity index (χ0n) is 10.3. The van der Waals surface area contributed by atoms with Crippen LogP contribution in [0.4, 0.5) is 5.69 Å². The molecule has 4 heteroatoms. The first-order chi connectivity index (χ1) is 8.09. The zero-order valence-corrected chi connectivity index (χ0v) is 10.3. The molecule has 0 atom stereocenters. The summed E-state index contributed by atoms with van der Waals surface area (Å²) in [7, 11) is 4.00. The van der Waals surface area contributed by atoms with Gasteiger partial charge in [0.2, 0.25) is 0 Å². The third-order valence-electron chi connectivity index (χ3n) is 2.72. The minimum Gasteiger partial charge on any atom is -0.378 e. The molecular formula is C13H16N4. The second-order valence-corrected chi connectivity index (χ2v) is 4.13. The molecule has 4 nitrogen and oxygen atoms in total. The summed E-state index contributed by atoms with van der Waals surface area (Å²) < 4.78 is 1.77. The zero-order chi connectivity index (χ0) is 12.4. The van der Waals surface area contributed by atoms with Crippen molar-refractivity contribution in [2.24, 2.45) is 0 Å². The average Bonchev–Trinajstić information content (AvgIpc) is 2.74. The van der Waals surface area contributed by atoms with Gasteiger partial charge in [-0.3, -0.25) is 9.98 Å². The summed E-state index contributed by atoms with van der Waals surface area (Å²) in [4.78, 5) is 6.16. The molecule has 2 aromatic rings. The molecular weight excluding hydrogens is 212 g/mol. The van der Waals surface area contributed by atoms with Gasteiger partial charge >= 0.3 is 0 Å². The second-order valence-electron chi connectivity index (χ2n) is 4.13. The van der Waals surface area contributed by atoms with Gasteiger partial charge in [-0.15, -0.1) is 0 Å². The van der Waals surface area contributed by atoms with Crippen molar-refractivity contribution in [3.8, 4) is 0 Å². The molecule has 0 amide bonds. The lowest BCUT2D eigenvalue weighted by Gasteiger charge is -2.13. The van der Waals surface area contributed by atoms with Crippen LogP contribution in [0.3, 0.4) is 0 Å². The molecule has 2 rings (SSSR count). The molecule has 0 aliphatic heterocycles. The van der Waals surface area contributed by atoms with Gasteiger partial charge in [-0.05, 0) is 31.2 Å². The minimum atomic E-state index is 0.449. The maximum absolute atomic E-state index is 8.12. The number of aromatic nitrogens is 2. The predicted octanol–water partition coefficient (Wildman–Crippen LogP) is 2.13. The second kappa shape index (κ2) is 4.41. The van der Waals surface area contributed by atoms with Crippen LogP contribution in [0, 0.1) is 12.3 Å². The highest BCUT2D eigenvalue weighted by molar-refractivity contribution is 5.98. The quantitative estimate of drug-likeness (QED) is 0.632. The van der Waals surface area contributed by atoms with Gasteiger partial charge in [-0.25, -0.2) is 4.98 Å². The molecule has 0 radical (unpaired) electrons. The number of hydrogen-bond acceptors (Lipinski definition) is 3. The van der Waals surface area contributed by atoms with Crippen LogP contribution in [0.25, 0.3) is 0 Å². The number of nitrogens with one attached hydrogen (secondary N) is 1. The highest BCUT2D eigenvalue weighted by Crippen LogP contribution is 2.13. The Kier molecular flexibility index (Phi) is 2.95. The molecule has 0 saturated carbocycles. The van der Waals surface area contributed by atoms with Crippen LogP contribution in [-0.4, -0.2) is 29.5 Å². The van der Waals surface area contributed by atoms with E-state index in [0.29, 0.717) is 5.84 Å². The lowest BCUT2D eigenvalue weighted by molar-refractivity contribution is 1.01. The first-order valence-electron chi connectivity index (χ1n) is 5.46. The predicted molar refractivity (Wildman–Crippen MR) is 70.0 cm³/mol. The Bertz CT molecular complexity index is 523. The summed E-state index contributed by atoms with van der Waals surface area (Å²) in [6.45, 7) is 1.89. The fourth-order valence-corrected chi connectivity index (χ4v) is 1.67. The van der Waals surface area contributed by atoms with Crippen LogP contribution in [0.5, 0.6) is 0 Å². The van der Waals surface area contributed by atoms with E-state index in [1.807, 2.05) is 50.2 Å². The lowest BCUT2D eigenvalue weighted by Crippen LogP contribution is -2.13. The van der Waals surface area contributed by atoms with Crippen LogP contribution in [0.1, 0.15) is 11.4 Å². The summed E-state index contributed by atoms with van der Waals surface area (Å²) in [6, 6.07) is 7.93. The van der Waals surface area contributed by atoms with E-state index in [2.05, 4.69) is 4.98 Å². The van der Waals surface area contributed by atoms with E-state index in [4.69, 9.17) is 5.41 Å². The Morgan fingerprint density at radius 2 is 1.88 bits per heavy atom. The molecule has 0 aliphatic carbocycles. The third-order valence-corrected chi connectivity index (χ3v) is 2.72. The van der Waals surface area contributed by atoms with Crippen molar-refractivity contribution < 1.29 is 0 Å². The monoisotopic (exact) mass is 228 g/mol. The van der Waals surface area contributed by atoms with Gasteiger partial charge in [0.05, 0.1) is 0 Å². The van der Waals surface area contributed by atoms with E-state index < -0.39 is 0 Å². The minimum absolute atomic E-state index is 0.449. The van der Waals surface area contributed by atoms with Crippen molar-refractivity contribution in [2.75, 3.05) is 19.0 Å². The van der Waals surface area contributed by atoms with Gasteiger partial charge in [-0.1, -0.05) is 0 Å². The van der Waals surface area contributed by atoms with Crippen molar-refractivity contribution in [2.45, 2.75) is 6.92 Å². The summed E-state index contributed by atoms with van der Waals surface area (Å²) in [5.41, 5.74) is 2.01. The van der Waals surface area contributed by atoms with Gasteiger partial charge in [0.1, 0.15) is 11.7 Å². The average molecular weight is 228 g/mol. The number of nitrogens with zero attached hydrogens (tertiary/aromatic N) is 3. The van der Waals surface area contributed by atoms with Crippen LogP contribution in [0.2, 0.25) is 0 Å². The first kappa shape index (κ1) is 11.4. The molecule has 17 heavy (non-hydrogen) atoms. The molecule has 88 valence electrons. The Morgan fingerprint density at radius 3 is 2.35 bits per heavy atom. The Hall–Kier alpha value is -2.10. The van der Waals surface area contributed by atoms with E-state index in [-0.39, 0.29) is 0 Å². The lowest BCUT2D eigenvalue weighted by atomic mass is 10.2. The smallest absolute Gasteiger partial charge is 0.137 e. The fraction of sp³-hybridized carbons (Fsp3) is 0.231. The number of hydrogen-bond donors (Lipinski definition) is 1. The summed E-state index contributed by atoms with van der Waals surface area (Å²) in [5, 5.41) is 8.12. The number of imidazole rings is 1. The molecule has 0 bridgehead atoms. The number of benzene rings is 1. The molecule has 0 saturated heterocycles. The summed E-state index contributed by atoms with van der Waals surface area (Å²) in [5.74, 6) is 1.27. The molecule has 0 fully saturated rings. The number of aryl methyl sites for hydroxylation is 1. The van der Waals surface area contributed by atoms with Crippen molar-refractivity contribution in [1.29, 1.82) is 5.41 Å². The maximum Gasteiger partial charge on any atom is 0.137 e. The summed E-state index contributed by atoms with van der Waals surface area (Å²) >= 11 is 0. The fourth-order valence-electron chi connectivity index (χ4n) is 1.67. The van der Waals surface area contributed by atoms with Crippen LogP contribution in [-0.2, 0) is 0 Å². The Morgan fingerprint density at radius 1 is 1.24 bits per heavy atom. The highest BCUT2D eigenvalue weighted by Gasteiger charge is 2.06. The van der Waals surface area contributed by atoms with E-state index in [9.17, 15) is 0 Å². The van der Waals surface area contributed by atoms with Crippen molar-refractivity contribution in [1.82, 2.24) is 9.55 Å². The molecule has 1 aromatic heterocycles. The van der Waals surface area contributed by atoms with Crippen LogP contribution in [0.15, 0.2) is 36.7 Å². The molecule has 1 heterocycles. The van der Waals surface area contributed by atoms with Gasteiger partial charge in [0, 0.05) is 37.7 Å². The normalized spacial score (nSPS) is 10.3. The molecule has 0 aliphatic rings. The summed E-state index contributed by atoms with van der Waals surface area (Å²) in [6.07, 6.45) is 3.51. The number of anilines is 1. The van der Waals surface area contributed by atoms with Gasteiger partial charge < -0.3 is 4.90 Å². The highest BCUT2D eigenvalue weighted by atomic mass is 15.1. The van der Waals surface area contributed by atoms with Crippen molar-refractivity contribution in [3.63, 3.8) is 0 Å². The molecule has 0 spiro atoms. The van der Waals surface area contributed by atoms with E-state index in [1.54, 1.807) is 17.0 Å².